The Hall–Kier alpha value is -1.97. The summed E-state index contributed by atoms with van der Waals surface area (Å²) < 4.78 is 12.7. The van der Waals surface area contributed by atoms with Crippen LogP contribution in [-0.4, -0.2) is 16.5 Å². The fraction of sp³-hybridized carbons (Fsp3) is 0.231. The molecule has 0 fully saturated rings. The highest BCUT2D eigenvalue weighted by atomic mass is 19.1. The van der Waals surface area contributed by atoms with Gasteiger partial charge < -0.3 is 5.32 Å². The first-order valence-electron chi connectivity index (χ1n) is 5.52. The van der Waals surface area contributed by atoms with Crippen molar-refractivity contribution in [3.8, 4) is 0 Å². The van der Waals surface area contributed by atoms with Gasteiger partial charge in [0.1, 0.15) is 17.5 Å². The average molecular weight is 231 g/mol. The Balaban J connectivity index is 1.85. The van der Waals surface area contributed by atoms with Crippen molar-refractivity contribution in [2.75, 3.05) is 11.9 Å². The summed E-state index contributed by atoms with van der Waals surface area (Å²) in [5.41, 5.74) is 1.10. The molecule has 0 spiro atoms. The Morgan fingerprint density at radius 2 is 1.94 bits per heavy atom. The average Bonchev–Trinajstić information content (AvgIpc) is 2.32. The zero-order chi connectivity index (χ0) is 12.1. The molecule has 0 radical (unpaired) electrons. The van der Waals surface area contributed by atoms with Crippen molar-refractivity contribution in [2.45, 2.75) is 13.3 Å². The van der Waals surface area contributed by atoms with Crippen molar-refractivity contribution in [1.29, 1.82) is 0 Å². The van der Waals surface area contributed by atoms with Crippen molar-refractivity contribution in [1.82, 2.24) is 9.97 Å². The number of anilines is 1. The van der Waals surface area contributed by atoms with Crippen LogP contribution in [0.3, 0.4) is 0 Å². The zero-order valence-corrected chi connectivity index (χ0v) is 9.65. The summed E-state index contributed by atoms with van der Waals surface area (Å²) in [7, 11) is 0. The van der Waals surface area contributed by atoms with Gasteiger partial charge >= 0.3 is 0 Å². The maximum absolute atomic E-state index is 12.7. The lowest BCUT2D eigenvalue weighted by Crippen LogP contribution is -2.07. The van der Waals surface area contributed by atoms with E-state index in [4.69, 9.17) is 0 Å². The summed E-state index contributed by atoms with van der Waals surface area (Å²) in [6, 6.07) is 8.37. The van der Waals surface area contributed by atoms with Gasteiger partial charge in [-0.2, -0.15) is 0 Å². The van der Waals surface area contributed by atoms with E-state index in [2.05, 4.69) is 15.3 Å². The van der Waals surface area contributed by atoms with Crippen LogP contribution in [0.4, 0.5) is 10.2 Å². The molecule has 0 amide bonds. The second kappa shape index (κ2) is 5.39. The lowest BCUT2D eigenvalue weighted by Gasteiger charge is -2.05. The molecule has 1 aromatic heterocycles. The van der Waals surface area contributed by atoms with E-state index < -0.39 is 0 Å². The van der Waals surface area contributed by atoms with Gasteiger partial charge in [-0.25, -0.2) is 14.4 Å². The van der Waals surface area contributed by atoms with E-state index in [-0.39, 0.29) is 5.82 Å². The maximum Gasteiger partial charge on any atom is 0.129 e. The van der Waals surface area contributed by atoms with Gasteiger partial charge in [0, 0.05) is 12.7 Å². The summed E-state index contributed by atoms with van der Waals surface area (Å²) >= 11 is 0. The predicted molar refractivity (Wildman–Crippen MR) is 65.4 cm³/mol. The van der Waals surface area contributed by atoms with Crippen LogP contribution in [0, 0.1) is 12.7 Å². The van der Waals surface area contributed by atoms with Crippen LogP contribution >= 0.6 is 0 Å². The maximum atomic E-state index is 12.7. The molecule has 1 aromatic carbocycles. The molecule has 88 valence electrons. The fourth-order valence-electron chi connectivity index (χ4n) is 1.54. The molecule has 3 nitrogen and oxygen atoms in total. The van der Waals surface area contributed by atoms with Crippen LogP contribution in [-0.2, 0) is 6.42 Å². The highest BCUT2D eigenvalue weighted by Gasteiger charge is 1.96. The summed E-state index contributed by atoms with van der Waals surface area (Å²) in [6.07, 6.45) is 2.56. The van der Waals surface area contributed by atoms with Crippen LogP contribution in [0.15, 0.2) is 36.5 Å². The van der Waals surface area contributed by atoms with Gasteiger partial charge in [-0.1, -0.05) is 12.1 Å². The topological polar surface area (TPSA) is 37.8 Å². The van der Waals surface area contributed by atoms with Gasteiger partial charge in [-0.3, -0.25) is 0 Å². The second-order valence-corrected chi connectivity index (χ2v) is 3.79. The van der Waals surface area contributed by atoms with Gasteiger partial charge in [0.2, 0.25) is 0 Å². The molecule has 17 heavy (non-hydrogen) atoms. The number of benzene rings is 1. The second-order valence-electron chi connectivity index (χ2n) is 3.79. The van der Waals surface area contributed by atoms with Crippen LogP contribution in [0.5, 0.6) is 0 Å². The molecule has 2 aromatic rings. The summed E-state index contributed by atoms with van der Waals surface area (Å²) in [5, 5.41) is 3.20. The van der Waals surface area contributed by atoms with Crippen LogP contribution in [0.1, 0.15) is 11.4 Å². The number of hydrogen-bond acceptors (Lipinski definition) is 3. The SMILES string of the molecule is Cc1nccc(NCCc2ccc(F)cc2)n1. The molecule has 0 saturated carbocycles. The highest BCUT2D eigenvalue weighted by Crippen LogP contribution is 2.05. The number of rotatable bonds is 4. The van der Waals surface area contributed by atoms with Crippen LogP contribution in [0.2, 0.25) is 0 Å². The molecule has 1 N–H and O–H groups in total. The van der Waals surface area contributed by atoms with Crippen LogP contribution < -0.4 is 5.32 Å². The standard InChI is InChI=1S/C13H14FN3/c1-10-15-9-7-13(17-10)16-8-6-11-2-4-12(14)5-3-11/h2-5,7,9H,6,8H2,1H3,(H,15,16,17). The van der Waals surface area contributed by atoms with Crippen molar-refractivity contribution in [3.05, 3.63) is 53.7 Å². The first-order valence-corrected chi connectivity index (χ1v) is 5.52. The van der Waals surface area contributed by atoms with Crippen molar-refractivity contribution < 1.29 is 4.39 Å². The molecule has 0 aliphatic heterocycles. The van der Waals surface area contributed by atoms with E-state index >= 15 is 0 Å². The van der Waals surface area contributed by atoms with Crippen molar-refractivity contribution >= 4 is 5.82 Å². The van der Waals surface area contributed by atoms with Gasteiger partial charge in [0.25, 0.3) is 0 Å². The number of halogens is 1. The normalized spacial score (nSPS) is 10.2. The third-order valence-corrected chi connectivity index (χ3v) is 2.41. The van der Waals surface area contributed by atoms with Crippen molar-refractivity contribution in [2.24, 2.45) is 0 Å². The number of aromatic nitrogens is 2. The molecule has 0 saturated heterocycles. The lowest BCUT2D eigenvalue weighted by atomic mass is 10.1. The first kappa shape index (κ1) is 11.5. The van der Waals surface area contributed by atoms with Crippen LogP contribution in [0.25, 0.3) is 0 Å². The first-order chi connectivity index (χ1) is 8.24. The molecule has 2 rings (SSSR count). The van der Waals surface area contributed by atoms with Gasteiger partial charge in [-0.05, 0) is 37.1 Å². The minimum atomic E-state index is -0.201. The number of nitrogens with zero attached hydrogens (tertiary/aromatic N) is 2. The fourth-order valence-corrected chi connectivity index (χ4v) is 1.54. The largest absolute Gasteiger partial charge is 0.370 e. The highest BCUT2D eigenvalue weighted by molar-refractivity contribution is 5.33. The summed E-state index contributed by atoms with van der Waals surface area (Å²) in [4.78, 5) is 8.26. The van der Waals surface area contributed by atoms with E-state index in [1.807, 2.05) is 13.0 Å². The molecule has 0 aliphatic rings. The van der Waals surface area contributed by atoms with E-state index in [1.165, 1.54) is 12.1 Å². The van der Waals surface area contributed by atoms with Gasteiger partial charge in [-0.15, -0.1) is 0 Å². The Bertz CT molecular complexity index is 482. The molecule has 0 unspecified atom stereocenters. The van der Waals surface area contributed by atoms with Crippen molar-refractivity contribution in [3.63, 3.8) is 0 Å². The van der Waals surface area contributed by atoms with E-state index in [9.17, 15) is 4.39 Å². The third-order valence-electron chi connectivity index (χ3n) is 2.41. The quantitative estimate of drug-likeness (QED) is 0.878. The number of hydrogen-bond donors (Lipinski definition) is 1. The Labute approximate surface area is 99.7 Å². The monoisotopic (exact) mass is 231 g/mol. The van der Waals surface area contributed by atoms with E-state index in [0.29, 0.717) is 0 Å². The molecule has 0 atom stereocenters. The van der Waals surface area contributed by atoms with Gasteiger partial charge in [0.05, 0.1) is 0 Å². The van der Waals surface area contributed by atoms with E-state index in [1.54, 1.807) is 18.3 Å². The Morgan fingerprint density at radius 1 is 1.18 bits per heavy atom. The molecular weight excluding hydrogens is 217 g/mol. The smallest absolute Gasteiger partial charge is 0.129 e. The molecular formula is C13H14FN3. The minimum Gasteiger partial charge on any atom is -0.370 e. The zero-order valence-electron chi connectivity index (χ0n) is 9.65. The predicted octanol–water partition coefficient (Wildman–Crippen LogP) is 2.58. The number of nitrogens with one attached hydrogen (secondary N) is 1. The Kier molecular flexibility index (Phi) is 3.65. The minimum absolute atomic E-state index is 0.201. The molecule has 1 heterocycles. The van der Waals surface area contributed by atoms with E-state index in [0.717, 1.165) is 30.2 Å². The van der Waals surface area contributed by atoms with Gasteiger partial charge in [0.15, 0.2) is 0 Å². The number of aryl methyl sites for hydroxylation is 1. The molecule has 0 bridgehead atoms. The third kappa shape index (κ3) is 3.52. The molecule has 4 heteroatoms. The summed E-state index contributed by atoms with van der Waals surface area (Å²) in [5.74, 6) is 1.37. The Morgan fingerprint density at radius 3 is 2.65 bits per heavy atom. The lowest BCUT2D eigenvalue weighted by molar-refractivity contribution is 0.627. The summed E-state index contributed by atoms with van der Waals surface area (Å²) in [6.45, 7) is 2.62. The molecule has 0 aliphatic carbocycles.